The summed E-state index contributed by atoms with van der Waals surface area (Å²) in [4.78, 5) is 0. The molecule has 9 heteroatoms. The van der Waals surface area contributed by atoms with E-state index in [1.54, 1.807) is 14.0 Å². The van der Waals surface area contributed by atoms with Crippen molar-refractivity contribution in [1.29, 1.82) is 0 Å². The molecule has 0 unspecified atom stereocenters. The maximum atomic E-state index is 12.4. The Balaban J connectivity index is 4.77. The smallest absolute Gasteiger partial charge is 0.320 e. The zero-order valence-corrected chi connectivity index (χ0v) is 12.3. The van der Waals surface area contributed by atoms with E-state index in [0.29, 0.717) is 23.7 Å². The molecule has 0 aromatic heterocycles. The molecule has 0 aliphatic carbocycles. The van der Waals surface area contributed by atoms with Crippen LogP contribution in [0, 0.1) is 0 Å². The summed E-state index contributed by atoms with van der Waals surface area (Å²) in [5.41, 5.74) is 0. The highest BCUT2D eigenvalue weighted by atomic mass is 32.2. The molecule has 0 aliphatic heterocycles. The summed E-state index contributed by atoms with van der Waals surface area (Å²) in [5.74, 6) is 0. The summed E-state index contributed by atoms with van der Waals surface area (Å²) in [7, 11) is -1.04. The van der Waals surface area contributed by atoms with Gasteiger partial charge in [-0.05, 0) is 26.4 Å². The normalized spacial score (nSPS) is 13.5. The highest BCUT2D eigenvalue weighted by Gasteiger charge is 2.37. The molecular weight excluding hydrogens is 283 g/mol. The zero-order valence-electron chi connectivity index (χ0n) is 11.5. The molecule has 0 bridgehead atoms. The molecule has 19 heavy (non-hydrogen) atoms. The molecule has 116 valence electrons. The van der Waals surface area contributed by atoms with E-state index in [-0.39, 0.29) is 13.1 Å². The van der Waals surface area contributed by atoms with Crippen LogP contribution in [0.1, 0.15) is 19.8 Å². The van der Waals surface area contributed by atoms with E-state index in [1.807, 2.05) is 0 Å². The third kappa shape index (κ3) is 7.09. The maximum Gasteiger partial charge on any atom is 0.402 e. The summed E-state index contributed by atoms with van der Waals surface area (Å²) in [6, 6.07) is 0. The lowest BCUT2D eigenvalue weighted by Crippen LogP contribution is -2.46. The van der Waals surface area contributed by atoms with Gasteiger partial charge in [0.15, 0.2) is 0 Å². The summed E-state index contributed by atoms with van der Waals surface area (Å²) in [6.07, 6.45) is -3.66. The number of hydrogen-bond acceptors (Lipinski definition) is 3. The Morgan fingerprint density at radius 1 is 1.21 bits per heavy atom. The van der Waals surface area contributed by atoms with Gasteiger partial charge in [0.25, 0.3) is 10.2 Å². The molecule has 0 aromatic rings. The molecule has 0 atom stereocenters. The average molecular weight is 305 g/mol. The largest absolute Gasteiger partial charge is 0.402 e. The molecule has 0 radical (unpaired) electrons. The van der Waals surface area contributed by atoms with E-state index in [1.165, 1.54) is 7.05 Å². The molecule has 0 aliphatic rings. The van der Waals surface area contributed by atoms with Gasteiger partial charge >= 0.3 is 6.18 Å². The number of nitrogens with zero attached hydrogens (tertiary/aromatic N) is 2. The van der Waals surface area contributed by atoms with Crippen LogP contribution < -0.4 is 5.32 Å². The molecule has 0 heterocycles. The fourth-order valence-electron chi connectivity index (χ4n) is 1.52. The van der Waals surface area contributed by atoms with Crippen molar-refractivity contribution in [2.24, 2.45) is 0 Å². The van der Waals surface area contributed by atoms with Crippen molar-refractivity contribution >= 4 is 10.2 Å². The minimum absolute atomic E-state index is 0.141. The third-order valence-electron chi connectivity index (χ3n) is 2.45. The van der Waals surface area contributed by atoms with Gasteiger partial charge in [0, 0.05) is 20.1 Å². The Labute approximate surface area is 112 Å². The van der Waals surface area contributed by atoms with Crippen LogP contribution in [0.4, 0.5) is 13.2 Å². The van der Waals surface area contributed by atoms with Gasteiger partial charge in [-0.1, -0.05) is 6.92 Å². The molecule has 0 saturated carbocycles. The Bertz CT molecular complexity index is 346. The van der Waals surface area contributed by atoms with Crippen LogP contribution in [0.15, 0.2) is 0 Å². The number of alkyl halides is 3. The highest BCUT2D eigenvalue weighted by molar-refractivity contribution is 7.86. The van der Waals surface area contributed by atoms with Crippen molar-refractivity contribution in [3.63, 3.8) is 0 Å². The lowest BCUT2D eigenvalue weighted by atomic mass is 10.4. The number of hydrogen-bond donors (Lipinski definition) is 1. The quantitative estimate of drug-likeness (QED) is 0.648. The first-order chi connectivity index (χ1) is 8.65. The molecule has 0 saturated heterocycles. The molecule has 1 N–H and O–H groups in total. The van der Waals surface area contributed by atoms with E-state index in [2.05, 4.69) is 5.32 Å². The monoisotopic (exact) mass is 305 g/mol. The van der Waals surface area contributed by atoms with Crippen molar-refractivity contribution in [3.05, 3.63) is 0 Å². The second-order valence-corrected chi connectivity index (χ2v) is 6.27. The van der Waals surface area contributed by atoms with E-state index < -0.39 is 22.9 Å². The van der Waals surface area contributed by atoms with Gasteiger partial charge in [0.1, 0.15) is 6.54 Å². The zero-order chi connectivity index (χ0) is 15.1. The summed E-state index contributed by atoms with van der Waals surface area (Å²) in [5, 5.41) is 2.85. The van der Waals surface area contributed by atoms with Crippen LogP contribution in [-0.4, -0.2) is 63.5 Å². The van der Waals surface area contributed by atoms with E-state index in [4.69, 9.17) is 0 Å². The number of rotatable bonds is 9. The molecule has 0 amide bonds. The fourth-order valence-corrected chi connectivity index (χ4v) is 2.99. The topological polar surface area (TPSA) is 52.7 Å². The van der Waals surface area contributed by atoms with Crippen LogP contribution in [0.2, 0.25) is 0 Å². The molecular formula is C10H22F3N3O2S. The molecule has 0 aromatic carbocycles. The fraction of sp³-hybridized carbons (Fsp3) is 1.00. The summed E-state index contributed by atoms with van der Waals surface area (Å²) < 4.78 is 62.7. The minimum atomic E-state index is -4.53. The van der Waals surface area contributed by atoms with Crippen molar-refractivity contribution in [1.82, 2.24) is 13.9 Å². The molecule has 0 fully saturated rings. The Hall–Kier alpha value is -0.380. The van der Waals surface area contributed by atoms with E-state index in [0.717, 1.165) is 4.31 Å². The highest BCUT2D eigenvalue weighted by Crippen LogP contribution is 2.20. The number of halogens is 3. The molecule has 5 nitrogen and oxygen atoms in total. The Kier molecular flexibility index (Phi) is 7.87. The predicted octanol–water partition coefficient (Wildman–Crippen LogP) is 1.05. The minimum Gasteiger partial charge on any atom is -0.320 e. The maximum absolute atomic E-state index is 12.4. The first-order valence-electron chi connectivity index (χ1n) is 6.08. The molecule has 0 rings (SSSR count). The number of nitrogens with one attached hydrogen (secondary N) is 1. The van der Waals surface area contributed by atoms with Crippen LogP contribution in [0.3, 0.4) is 0 Å². The second kappa shape index (κ2) is 8.03. The van der Waals surface area contributed by atoms with Gasteiger partial charge in [0.2, 0.25) is 0 Å². The predicted molar refractivity (Wildman–Crippen MR) is 68.0 cm³/mol. The SMILES string of the molecule is CCCN(CC(F)(F)F)S(=O)(=O)N(C)CCCNC. The van der Waals surface area contributed by atoms with Crippen LogP contribution in [0.25, 0.3) is 0 Å². The van der Waals surface area contributed by atoms with E-state index >= 15 is 0 Å². The first kappa shape index (κ1) is 18.6. The lowest BCUT2D eigenvalue weighted by molar-refractivity contribution is -0.136. The van der Waals surface area contributed by atoms with Gasteiger partial charge in [-0.2, -0.15) is 30.2 Å². The van der Waals surface area contributed by atoms with Gasteiger partial charge in [-0.3, -0.25) is 0 Å². The van der Waals surface area contributed by atoms with E-state index in [9.17, 15) is 21.6 Å². The lowest BCUT2D eigenvalue weighted by Gasteiger charge is -2.27. The second-order valence-electron chi connectivity index (χ2n) is 4.24. The third-order valence-corrected chi connectivity index (χ3v) is 4.38. The van der Waals surface area contributed by atoms with Crippen LogP contribution >= 0.6 is 0 Å². The standard InChI is InChI=1S/C10H22F3N3O2S/c1-4-7-16(9-10(11,12)13)19(17,18)15(3)8-5-6-14-2/h14H,4-9H2,1-3H3. The van der Waals surface area contributed by atoms with Crippen molar-refractivity contribution in [2.75, 3.05) is 40.3 Å². The summed E-state index contributed by atoms with van der Waals surface area (Å²) >= 11 is 0. The van der Waals surface area contributed by atoms with Crippen molar-refractivity contribution in [2.45, 2.75) is 25.9 Å². The Morgan fingerprint density at radius 2 is 1.79 bits per heavy atom. The Morgan fingerprint density at radius 3 is 2.21 bits per heavy atom. The average Bonchev–Trinajstić information content (AvgIpc) is 2.26. The van der Waals surface area contributed by atoms with Crippen molar-refractivity contribution < 1.29 is 21.6 Å². The van der Waals surface area contributed by atoms with Crippen molar-refractivity contribution in [3.8, 4) is 0 Å². The van der Waals surface area contributed by atoms with Gasteiger partial charge in [-0.25, -0.2) is 0 Å². The first-order valence-corrected chi connectivity index (χ1v) is 7.47. The van der Waals surface area contributed by atoms with Crippen LogP contribution in [0.5, 0.6) is 0 Å². The van der Waals surface area contributed by atoms with Gasteiger partial charge < -0.3 is 5.32 Å². The summed E-state index contributed by atoms with van der Waals surface area (Å²) in [6.45, 7) is 0.839. The van der Waals surface area contributed by atoms with Gasteiger partial charge in [0.05, 0.1) is 0 Å². The van der Waals surface area contributed by atoms with Crippen LogP contribution in [-0.2, 0) is 10.2 Å². The van der Waals surface area contributed by atoms with Gasteiger partial charge in [-0.15, -0.1) is 0 Å². The molecule has 0 spiro atoms.